The molecule has 1 aromatic carbocycles. The van der Waals surface area contributed by atoms with Crippen LogP contribution < -0.4 is 5.32 Å². The third kappa shape index (κ3) is 5.54. The fourth-order valence-electron chi connectivity index (χ4n) is 2.14. The van der Waals surface area contributed by atoms with Gasteiger partial charge < -0.3 is 10.1 Å². The first-order valence-electron chi connectivity index (χ1n) is 7.16. The summed E-state index contributed by atoms with van der Waals surface area (Å²) in [7, 11) is -2.97. The van der Waals surface area contributed by atoms with E-state index in [1.165, 1.54) is 11.8 Å². The molecular formula is C15H16N2O5S2. The smallest absolute Gasteiger partial charge is 0.316 e. The summed E-state index contributed by atoms with van der Waals surface area (Å²) in [5, 5.41) is 11.3. The highest BCUT2D eigenvalue weighted by Crippen LogP contribution is 2.24. The largest absolute Gasteiger partial charge is 0.455 e. The van der Waals surface area contributed by atoms with Gasteiger partial charge in [0.05, 0.1) is 28.5 Å². The minimum atomic E-state index is -2.97. The summed E-state index contributed by atoms with van der Waals surface area (Å²) in [4.78, 5) is 23.4. The predicted molar refractivity (Wildman–Crippen MR) is 90.3 cm³/mol. The van der Waals surface area contributed by atoms with Crippen LogP contribution in [0.3, 0.4) is 0 Å². The number of nitrogens with zero attached hydrogens (tertiary/aromatic N) is 1. The molecule has 1 aliphatic rings. The van der Waals surface area contributed by atoms with Gasteiger partial charge in [0.15, 0.2) is 16.4 Å². The van der Waals surface area contributed by atoms with Crippen molar-refractivity contribution in [2.75, 3.05) is 29.2 Å². The monoisotopic (exact) mass is 368 g/mol. The molecule has 1 N–H and O–H groups in total. The van der Waals surface area contributed by atoms with Crippen molar-refractivity contribution in [1.29, 1.82) is 5.26 Å². The minimum Gasteiger partial charge on any atom is -0.455 e. The van der Waals surface area contributed by atoms with Gasteiger partial charge in [0.1, 0.15) is 6.07 Å². The normalized spacial score (nSPS) is 18.5. The zero-order chi connectivity index (χ0) is 17.6. The van der Waals surface area contributed by atoms with Gasteiger partial charge in [-0.2, -0.15) is 5.26 Å². The molecule has 1 atom stereocenters. The van der Waals surface area contributed by atoms with Gasteiger partial charge in [-0.3, -0.25) is 9.59 Å². The van der Waals surface area contributed by atoms with Crippen LogP contribution in [0.4, 0.5) is 5.69 Å². The molecule has 0 unspecified atom stereocenters. The maximum atomic E-state index is 11.7. The molecule has 1 saturated heterocycles. The molecule has 1 aromatic rings. The van der Waals surface area contributed by atoms with Crippen LogP contribution in [-0.2, 0) is 24.2 Å². The Bertz CT molecular complexity index is 770. The minimum absolute atomic E-state index is 0.00223. The Morgan fingerprint density at radius 1 is 1.38 bits per heavy atom. The molecule has 9 heteroatoms. The zero-order valence-corrected chi connectivity index (χ0v) is 14.4. The zero-order valence-electron chi connectivity index (χ0n) is 12.7. The van der Waals surface area contributed by atoms with Crippen molar-refractivity contribution in [2.45, 2.75) is 11.7 Å². The molecule has 0 saturated carbocycles. The molecule has 1 fully saturated rings. The van der Waals surface area contributed by atoms with Crippen LogP contribution in [0.15, 0.2) is 24.3 Å². The van der Waals surface area contributed by atoms with Gasteiger partial charge in [0.2, 0.25) is 0 Å². The number of nitrogens with one attached hydrogen (secondary N) is 1. The number of hydrogen-bond donors (Lipinski definition) is 1. The molecule has 0 aliphatic carbocycles. The second kappa shape index (κ2) is 8.17. The number of anilines is 1. The Hall–Kier alpha value is -2.05. The van der Waals surface area contributed by atoms with Crippen LogP contribution >= 0.6 is 11.8 Å². The number of para-hydroxylation sites is 1. The van der Waals surface area contributed by atoms with E-state index in [-0.39, 0.29) is 22.5 Å². The van der Waals surface area contributed by atoms with Crippen molar-refractivity contribution in [3.05, 3.63) is 29.8 Å². The first kappa shape index (κ1) is 18.3. The highest BCUT2D eigenvalue weighted by atomic mass is 32.2. The number of amides is 1. The maximum Gasteiger partial charge on any atom is 0.316 e. The van der Waals surface area contributed by atoms with Gasteiger partial charge in [0, 0.05) is 5.25 Å². The summed E-state index contributed by atoms with van der Waals surface area (Å²) in [5.41, 5.74) is 0.668. The van der Waals surface area contributed by atoms with E-state index >= 15 is 0 Å². The molecular weight excluding hydrogens is 352 g/mol. The number of rotatable bonds is 6. The SMILES string of the molecule is N#Cc1ccccc1NC(=O)COC(=O)CS[C@H]1CCS(=O)(=O)C1. The maximum absolute atomic E-state index is 11.7. The summed E-state index contributed by atoms with van der Waals surface area (Å²) >= 11 is 1.23. The molecule has 0 aromatic heterocycles. The number of sulfone groups is 1. The third-order valence-electron chi connectivity index (χ3n) is 3.31. The molecule has 1 amide bonds. The number of carbonyl (C=O) groups excluding carboxylic acids is 2. The number of nitriles is 1. The molecule has 2 rings (SSSR count). The van der Waals surface area contributed by atoms with Gasteiger partial charge in [-0.05, 0) is 18.6 Å². The van der Waals surface area contributed by atoms with Crippen molar-refractivity contribution >= 4 is 39.2 Å². The van der Waals surface area contributed by atoms with Crippen LogP contribution in [0, 0.1) is 11.3 Å². The molecule has 1 aliphatic heterocycles. The van der Waals surface area contributed by atoms with Crippen LogP contribution in [0.5, 0.6) is 0 Å². The van der Waals surface area contributed by atoms with E-state index in [0.29, 0.717) is 17.7 Å². The molecule has 7 nitrogen and oxygen atoms in total. The Labute approximate surface area is 144 Å². The number of esters is 1. The predicted octanol–water partition coefficient (Wildman–Crippen LogP) is 0.960. The van der Waals surface area contributed by atoms with Gasteiger partial charge in [-0.25, -0.2) is 8.42 Å². The van der Waals surface area contributed by atoms with Crippen LogP contribution in [0.1, 0.15) is 12.0 Å². The quantitative estimate of drug-likeness (QED) is 0.744. The van der Waals surface area contributed by atoms with Crippen LogP contribution in [0.25, 0.3) is 0 Å². The van der Waals surface area contributed by atoms with Crippen molar-refractivity contribution in [1.82, 2.24) is 0 Å². The lowest BCUT2D eigenvalue weighted by atomic mass is 10.2. The van der Waals surface area contributed by atoms with Gasteiger partial charge in [-0.15, -0.1) is 11.8 Å². The van der Waals surface area contributed by atoms with E-state index in [0.717, 1.165) is 0 Å². The second-order valence-corrected chi connectivity index (χ2v) is 8.72. The number of carbonyl (C=O) groups is 2. The number of benzene rings is 1. The van der Waals surface area contributed by atoms with Crippen LogP contribution in [-0.4, -0.2) is 49.4 Å². The topological polar surface area (TPSA) is 113 Å². The lowest BCUT2D eigenvalue weighted by molar-refractivity contribution is -0.144. The Balaban J connectivity index is 1.72. The fraction of sp³-hybridized carbons (Fsp3) is 0.400. The Morgan fingerprint density at radius 3 is 2.79 bits per heavy atom. The summed E-state index contributed by atoms with van der Waals surface area (Å²) in [6, 6.07) is 8.44. The summed E-state index contributed by atoms with van der Waals surface area (Å²) in [5.74, 6) is -0.883. The van der Waals surface area contributed by atoms with Crippen molar-refractivity contribution in [3.63, 3.8) is 0 Å². The Kier molecular flexibility index (Phi) is 6.23. The average Bonchev–Trinajstić information content (AvgIpc) is 2.90. The first-order valence-corrected chi connectivity index (χ1v) is 10.0. The molecule has 0 bridgehead atoms. The van der Waals surface area contributed by atoms with E-state index in [4.69, 9.17) is 10.00 Å². The van der Waals surface area contributed by atoms with E-state index in [9.17, 15) is 18.0 Å². The highest BCUT2D eigenvalue weighted by Gasteiger charge is 2.28. The molecule has 1 heterocycles. The van der Waals surface area contributed by atoms with E-state index in [1.54, 1.807) is 24.3 Å². The number of ether oxygens (including phenoxy) is 1. The lowest BCUT2D eigenvalue weighted by Crippen LogP contribution is -2.22. The van der Waals surface area contributed by atoms with Gasteiger partial charge in [-0.1, -0.05) is 12.1 Å². The standard InChI is InChI=1S/C15H16N2O5S2/c16-7-11-3-1-2-4-13(11)17-14(18)8-22-15(19)9-23-12-5-6-24(20,21)10-12/h1-4,12H,5-6,8-10H2,(H,17,18)/t12-/m0/s1. The van der Waals surface area contributed by atoms with Crippen LogP contribution in [0.2, 0.25) is 0 Å². The van der Waals surface area contributed by atoms with Crippen molar-refractivity contribution in [2.24, 2.45) is 0 Å². The molecule has 128 valence electrons. The lowest BCUT2D eigenvalue weighted by Gasteiger charge is -2.09. The summed E-state index contributed by atoms with van der Waals surface area (Å²) < 4.78 is 27.5. The second-order valence-electron chi connectivity index (χ2n) is 5.20. The molecule has 24 heavy (non-hydrogen) atoms. The van der Waals surface area contributed by atoms with Gasteiger partial charge in [0.25, 0.3) is 5.91 Å². The summed E-state index contributed by atoms with van der Waals surface area (Å²) in [6.07, 6.45) is 0.533. The third-order valence-corrected chi connectivity index (χ3v) is 6.57. The van der Waals surface area contributed by atoms with E-state index < -0.39 is 28.3 Å². The molecule has 0 spiro atoms. The van der Waals surface area contributed by atoms with Crippen molar-refractivity contribution in [3.8, 4) is 6.07 Å². The van der Waals surface area contributed by atoms with Crippen molar-refractivity contribution < 1.29 is 22.7 Å². The first-order chi connectivity index (χ1) is 11.4. The van der Waals surface area contributed by atoms with E-state index in [2.05, 4.69) is 5.32 Å². The average molecular weight is 368 g/mol. The number of thioether (sulfide) groups is 1. The highest BCUT2D eigenvalue weighted by molar-refractivity contribution is 8.02. The summed E-state index contributed by atoms with van der Waals surface area (Å²) in [6.45, 7) is -0.456. The van der Waals surface area contributed by atoms with Gasteiger partial charge >= 0.3 is 5.97 Å². The molecule has 0 radical (unpaired) electrons. The number of hydrogen-bond acceptors (Lipinski definition) is 7. The van der Waals surface area contributed by atoms with E-state index in [1.807, 2.05) is 6.07 Å². The Morgan fingerprint density at radius 2 is 2.12 bits per heavy atom. The fourth-order valence-corrected chi connectivity index (χ4v) is 5.58.